The van der Waals surface area contributed by atoms with Gasteiger partial charge in [0.05, 0.1) is 0 Å². The number of allylic oxidation sites excluding steroid dienone is 12. The second-order valence-corrected chi connectivity index (χ2v) is 5.35. The molecule has 0 aromatic rings. The van der Waals surface area contributed by atoms with E-state index in [4.69, 9.17) is 5.11 Å². The molecule has 0 aliphatic rings. The number of hydrogen-bond donors (Lipinski definition) is 1. The zero-order valence-electron chi connectivity index (χ0n) is 14.9. The van der Waals surface area contributed by atoms with Crippen LogP contribution in [0, 0.1) is 0 Å². The standard InChI is InChI=1S/C22H32O2/c1-2-3-4-5-6-7-8-9-10-11-12-13-14-15-16-17-18-19-20-21-22(23)24/h3-4,6-7,9-10,12-13,15-16,18-19H,2,5,8,11,14,17,20-21H2,1H3,(H,23,24)/b4-3-,7-6+,10-9-,13-12+,16-15-,19-18-. The molecule has 0 saturated carbocycles. The molecule has 0 fully saturated rings. The molecule has 0 spiro atoms. The summed E-state index contributed by atoms with van der Waals surface area (Å²) in [6.07, 6.45) is 32.5. The summed E-state index contributed by atoms with van der Waals surface area (Å²) >= 11 is 0. The molecule has 0 unspecified atom stereocenters. The zero-order chi connectivity index (χ0) is 17.7. The summed E-state index contributed by atoms with van der Waals surface area (Å²) in [7, 11) is 0. The second-order valence-electron chi connectivity index (χ2n) is 5.35. The highest BCUT2D eigenvalue weighted by atomic mass is 16.4. The van der Waals surface area contributed by atoms with Crippen molar-refractivity contribution in [1.82, 2.24) is 0 Å². The largest absolute Gasteiger partial charge is 0.481 e. The van der Waals surface area contributed by atoms with Gasteiger partial charge in [0, 0.05) is 6.42 Å². The Bertz CT molecular complexity index is 462. The first-order valence-electron chi connectivity index (χ1n) is 8.89. The Morgan fingerprint density at radius 1 is 0.625 bits per heavy atom. The first kappa shape index (κ1) is 21.9. The van der Waals surface area contributed by atoms with E-state index in [0.29, 0.717) is 6.42 Å². The third kappa shape index (κ3) is 19.9. The molecule has 0 bridgehead atoms. The van der Waals surface area contributed by atoms with Gasteiger partial charge in [0.25, 0.3) is 0 Å². The lowest BCUT2D eigenvalue weighted by Gasteiger charge is -1.87. The summed E-state index contributed by atoms with van der Waals surface area (Å²) in [5.41, 5.74) is 0. The van der Waals surface area contributed by atoms with Crippen LogP contribution in [-0.2, 0) is 4.79 Å². The van der Waals surface area contributed by atoms with Gasteiger partial charge < -0.3 is 5.11 Å². The lowest BCUT2D eigenvalue weighted by atomic mass is 10.2. The van der Waals surface area contributed by atoms with Crippen molar-refractivity contribution >= 4 is 5.97 Å². The summed E-state index contributed by atoms with van der Waals surface area (Å²) in [6.45, 7) is 2.15. The van der Waals surface area contributed by atoms with Crippen molar-refractivity contribution in [1.29, 1.82) is 0 Å². The first-order valence-corrected chi connectivity index (χ1v) is 8.89. The van der Waals surface area contributed by atoms with Gasteiger partial charge in [-0.1, -0.05) is 79.8 Å². The zero-order valence-corrected chi connectivity index (χ0v) is 14.9. The summed E-state index contributed by atoms with van der Waals surface area (Å²) in [5.74, 6) is -0.741. The minimum atomic E-state index is -0.741. The average Bonchev–Trinajstić information content (AvgIpc) is 2.56. The van der Waals surface area contributed by atoms with Crippen LogP contribution >= 0.6 is 0 Å². The number of rotatable bonds is 14. The molecule has 0 aromatic heterocycles. The number of aliphatic carboxylic acids is 1. The maximum atomic E-state index is 10.3. The van der Waals surface area contributed by atoms with E-state index in [-0.39, 0.29) is 6.42 Å². The highest BCUT2D eigenvalue weighted by Crippen LogP contribution is 1.97. The molecule has 0 saturated heterocycles. The smallest absolute Gasteiger partial charge is 0.303 e. The van der Waals surface area contributed by atoms with E-state index in [2.05, 4.69) is 67.7 Å². The van der Waals surface area contributed by atoms with Crippen LogP contribution in [0.25, 0.3) is 0 Å². The van der Waals surface area contributed by atoms with Crippen LogP contribution in [0.15, 0.2) is 72.9 Å². The van der Waals surface area contributed by atoms with Crippen molar-refractivity contribution in [3.05, 3.63) is 72.9 Å². The van der Waals surface area contributed by atoms with Crippen molar-refractivity contribution in [2.45, 2.75) is 58.3 Å². The third-order valence-electron chi connectivity index (χ3n) is 3.12. The van der Waals surface area contributed by atoms with E-state index in [1.807, 2.05) is 12.2 Å². The Morgan fingerprint density at radius 2 is 0.958 bits per heavy atom. The molecule has 0 heterocycles. The SMILES string of the molecule is CC/C=C\C/C=C/C/C=C\C/C=C/C/C=C\C/C=C\CCC(=O)O. The molecule has 0 radical (unpaired) electrons. The van der Waals surface area contributed by atoms with E-state index >= 15 is 0 Å². The molecule has 0 amide bonds. The normalized spacial score (nSPS) is 13.0. The molecule has 2 nitrogen and oxygen atoms in total. The Kier molecular flexibility index (Phi) is 17.3. The van der Waals surface area contributed by atoms with E-state index < -0.39 is 5.97 Å². The van der Waals surface area contributed by atoms with Gasteiger partial charge in [-0.2, -0.15) is 0 Å². The van der Waals surface area contributed by atoms with E-state index in [1.165, 1.54) is 0 Å². The van der Waals surface area contributed by atoms with Crippen molar-refractivity contribution in [3.63, 3.8) is 0 Å². The summed E-state index contributed by atoms with van der Waals surface area (Å²) < 4.78 is 0. The molecular formula is C22H32O2. The highest BCUT2D eigenvalue weighted by molar-refractivity contribution is 5.66. The van der Waals surface area contributed by atoms with Crippen LogP contribution < -0.4 is 0 Å². The van der Waals surface area contributed by atoms with E-state index in [0.717, 1.165) is 38.5 Å². The Morgan fingerprint density at radius 3 is 1.29 bits per heavy atom. The maximum Gasteiger partial charge on any atom is 0.303 e. The van der Waals surface area contributed by atoms with Crippen LogP contribution in [0.4, 0.5) is 0 Å². The maximum absolute atomic E-state index is 10.3. The van der Waals surface area contributed by atoms with Gasteiger partial charge in [0.1, 0.15) is 0 Å². The lowest BCUT2D eigenvalue weighted by Crippen LogP contribution is -1.91. The molecule has 132 valence electrons. The van der Waals surface area contributed by atoms with Gasteiger partial charge in [-0.05, 0) is 44.9 Å². The van der Waals surface area contributed by atoms with Crippen LogP contribution in [0.5, 0.6) is 0 Å². The molecule has 0 aliphatic heterocycles. The quantitative estimate of drug-likeness (QED) is 0.367. The topological polar surface area (TPSA) is 37.3 Å². The van der Waals surface area contributed by atoms with Gasteiger partial charge in [-0.15, -0.1) is 0 Å². The Hall–Kier alpha value is -2.09. The van der Waals surface area contributed by atoms with Crippen LogP contribution in [0.2, 0.25) is 0 Å². The fraction of sp³-hybridized carbons (Fsp3) is 0.409. The minimum absolute atomic E-state index is 0.210. The van der Waals surface area contributed by atoms with Crippen molar-refractivity contribution in [2.24, 2.45) is 0 Å². The van der Waals surface area contributed by atoms with E-state index in [9.17, 15) is 4.79 Å². The van der Waals surface area contributed by atoms with Gasteiger partial charge in [0.2, 0.25) is 0 Å². The summed E-state index contributed by atoms with van der Waals surface area (Å²) in [6, 6.07) is 0. The first-order chi connectivity index (χ1) is 11.8. The molecule has 0 aromatic carbocycles. The number of carbonyl (C=O) groups is 1. The average molecular weight is 328 g/mol. The molecule has 0 aliphatic carbocycles. The second kappa shape index (κ2) is 19.0. The van der Waals surface area contributed by atoms with Crippen LogP contribution in [-0.4, -0.2) is 11.1 Å². The monoisotopic (exact) mass is 328 g/mol. The van der Waals surface area contributed by atoms with Crippen LogP contribution in [0.3, 0.4) is 0 Å². The molecule has 24 heavy (non-hydrogen) atoms. The third-order valence-corrected chi connectivity index (χ3v) is 3.12. The summed E-state index contributed by atoms with van der Waals surface area (Å²) in [5, 5.41) is 8.49. The highest BCUT2D eigenvalue weighted by Gasteiger charge is 1.90. The molecule has 2 heteroatoms. The lowest BCUT2D eigenvalue weighted by molar-refractivity contribution is -0.136. The van der Waals surface area contributed by atoms with Crippen molar-refractivity contribution < 1.29 is 9.90 Å². The van der Waals surface area contributed by atoms with E-state index in [1.54, 1.807) is 0 Å². The molecule has 0 atom stereocenters. The Balaban J connectivity index is 3.51. The Labute approximate surface area is 147 Å². The van der Waals surface area contributed by atoms with Gasteiger partial charge in [-0.3, -0.25) is 4.79 Å². The van der Waals surface area contributed by atoms with Gasteiger partial charge in [0.15, 0.2) is 0 Å². The fourth-order valence-corrected chi connectivity index (χ4v) is 1.85. The molecule has 1 N–H and O–H groups in total. The predicted octanol–water partition coefficient (Wildman–Crippen LogP) is 6.55. The molecular weight excluding hydrogens is 296 g/mol. The predicted molar refractivity (Wildman–Crippen MR) is 105 cm³/mol. The van der Waals surface area contributed by atoms with Gasteiger partial charge >= 0.3 is 5.97 Å². The number of carboxylic acid groups (broad SMARTS) is 1. The van der Waals surface area contributed by atoms with Crippen molar-refractivity contribution in [3.8, 4) is 0 Å². The van der Waals surface area contributed by atoms with Gasteiger partial charge in [-0.25, -0.2) is 0 Å². The number of hydrogen-bond acceptors (Lipinski definition) is 1. The number of carboxylic acids is 1. The summed E-state index contributed by atoms with van der Waals surface area (Å²) in [4.78, 5) is 10.3. The molecule has 0 rings (SSSR count). The van der Waals surface area contributed by atoms with Crippen molar-refractivity contribution in [2.75, 3.05) is 0 Å². The fourth-order valence-electron chi connectivity index (χ4n) is 1.85. The minimum Gasteiger partial charge on any atom is -0.481 e. The van der Waals surface area contributed by atoms with Crippen LogP contribution in [0.1, 0.15) is 58.3 Å².